The fourth-order valence-electron chi connectivity index (χ4n) is 4.20. The number of hydrogen-bond acceptors (Lipinski definition) is 5. The Bertz CT molecular complexity index is 496. The van der Waals surface area contributed by atoms with E-state index in [4.69, 9.17) is 4.52 Å². The van der Waals surface area contributed by atoms with Crippen LogP contribution in [0.25, 0.3) is 0 Å². The van der Waals surface area contributed by atoms with Crippen molar-refractivity contribution in [2.45, 2.75) is 76.5 Å². The largest absolute Gasteiger partial charge is 0.339 e. The zero-order valence-electron chi connectivity index (χ0n) is 13.2. The number of nitrogens with zero attached hydrogens (tertiary/aromatic N) is 4. The second kappa shape index (κ2) is 5.36. The average molecular weight is 290 g/mol. The van der Waals surface area contributed by atoms with Gasteiger partial charge in [-0.2, -0.15) is 4.98 Å². The smallest absolute Gasteiger partial charge is 0.229 e. The SMILES string of the molecule is CC(C)N1C2CCC1CN(Cc1noc(C3CC3)n1)CC2. The van der Waals surface area contributed by atoms with Gasteiger partial charge in [-0.05, 0) is 46.0 Å². The van der Waals surface area contributed by atoms with Crippen molar-refractivity contribution in [3.63, 3.8) is 0 Å². The summed E-state index contributed by atoms with van der Waals surface area (Å²) in [5.41, 5.74) is 0. The first-order valence-electron chi connectivity index (χ1n) is 8.53. The number of hydrogen-bond donors (Lipinski definition) is 0. The Morgan fingerprint density at radius 1 is 1.14 bits per heavy atom. The first-order chi connectivity index (χ1) is 10.2. The van der Waals surface area contributed by atoms with Crippen LogP contribution in [0.5, 0.6) is 0 Å². The van der Waals surface area contributed by atoms with E-state index in [9.17, 15) is 0 Å². The second-order valence-corrected chi connectivity index (χ2v) is 7.27. The van der Waals surface area contributed by atoms with Crippen LogP contribution >= 0.6 is 0 Å². The zero-order chi connectivity index (χ0) is 14.4. The highest BCUT2D eigenvalue weighted by atomic mass is 16.5. The van der Waals surface area contributed by atoms with Gasteiger partial charge in [0.25, 0.3) is 0 Å². The first kappa shape index (κ1) is 13.7. The number of likely N-dealkylation sites (tertiary alicyclic amines) is 1. The van der Waals surface area contributed by atoms with Crippen molar-refractivity contribution < 1.29 is 4.52 Å². The Labute approximate surface area is 126 Å². The summed E-state index contributed by atoms with van der Waals surface area (Å²) in [5, 5.41) is 4.18. The van der Waals surface area contributed by atoms with E-state index >= 15 is 0 Å². The maximum atomic E-state index is 5.38. The van der Waals surface area contributed by atoms with Crippen molar-refractivity contribution >= 4 is 0 Å². The van der Waals surface area contributed by atoms with E-state index < -0.39 is 0 Å². The van der Waals surface area contributed by atoms with E-state index in [-0.39, 0.29) is 0 Å². The summed E-state index contributed by atoms with van der Waals surface area (Å²) in [6.07, 6.45) is 6.45. The van der Waals surface area contributed by atoms with Crippen LogP contribution < -0.4 is 0 Å². The molecule has 5 heteroatoms. The van der Waals surface area contributed by atoms with Gasteiger partial charge in [0, 0.05) is 37.1 Å². The highest BCUT2D eigenvalue weighted by Gasteiger charge is 2.38. The molecule has 116 valence electrons. The molecule has 3 aliphatic rings. The first-order valence-corrected chi connectivity index (χ1v) is 8.53. The van der Waals surface area contributed by atoms with Gasteiger partial charge in [0.1, 0.15) is 0 Å². The van der Waals surface area contributed by atoms with Crippen LogP contribution in [-0.2, 0) is 6.54 Å². The summed E-state index contributed by atoms with van der Waals surface area (Å²) in [6.45, 7) is 7.84. The molecule has 0 radical (unpaired) electrons. The van der Waals surface area contributed by atoms with Crippen molar-refractivity contribution in [3.8, 4) is 0 Å². The predicted octanol–water partition coefficient (Wildman–Crippen LogP) is 2.39. The normalized spacial score (nSPS) is 31.0. The van der Waals surface area contributed by atoms with Gasteiger partial charge >= 0.3 is 0 Å². The molecule has 0 N–H and O–H groups in total. The molecule has 0 spiro atoms. The molecule has 3 heterocycles. The van der Waals surface area contributed by atoms with Gasteiger partial charge in [0.15, 0.2) is 5.82 Å². The quantitative estimate of drug-likeness (QED) is 0.852. The van der Waals surface area contributed by atoms with Gasteiger partial charge in [-0.1, -0.05) is 5.16 Å². The molecule has 2 atom stereocenters. The fraction of sp³-hybridized carbons (Fsp3) is 0.875. The molecule has 0 amide bonds. The lowest BCUT2D eigenvalue weighted by molar-refractivity contribution is 0.144. The molecular formula is C16H26N4O. The van der Waals surface area contributed by atoms with E-state index in [1.807, 2.05) is 0 Å². The fourth-order valence-corrected chi connectivity index (χ4v) is 4.20. The van der Waals surface area contributed by atoms with E-state index in [1.165, 1.54) is 32.1 Å². The Balaban J connectivity index is 1.42. The standard InChI is InChI=1S/C16H26N4O/c1-11(2)20-13-5-6-14(20)9-19(8-7-13)10-15-17-16(21-18-15)12-3-4-12/h11-14H,3-10H2,1-2H3. The van der Waals surface area contributed by atoms with Crippen molar-refractivity contribution in [1.82, 2.24) is 19.9 Å². The molecule has 2 aliphatic heterocycles. The molecule has 21 heavy (non-hydrogen) atoms. The van der Waals surface area contributed by atoms with Gasteiger partial charge in [0.2, 0.25) is 5.89 Å². The molecule has 2 saturated heterocycles. The monoisotopic (exact) mass is 290 g/mol. The molecule has 2 unspecified atom stereocenters. The number of rotatable bonds is 4. The molecule has 1 aromatic rings. The molecule has 4 rings (SSSR count). The molecule has 1 aromatic heterocycles. The zero-order valence-corrected chi connectivity index (χ0v) is 13.2. The van der Waals surface area contributed by atoms with Crippen LogP contribution in [0.2, 0.25) is 0 Å². The summed E-state index contributed by atoms with van der Waals surface area (Å²) in [4.78, 5) is 9.85. The summed E-state index contributed by atoms with van der Waals surface area (Å²) >= 11 is 0. The van der Waals surface area contributed by atoms with Gasteiger partial charge in [-0.15, -0.1) is 0 Å². The van der Waals surface area contributed by atoms with Crippen LogP contribution in [0.15, 0.2) is 4.52 Å². The molecule has 1 aliphatic carbocycles. The minimum Gasteiger partial charge on any atom is -0.339 e. The third kappa shape index (κ3) is 2.73. The van der Waals surface area contributed by atoms with Crippen LogP contribution in [0, 0.1) is 0 Å². The average Bonchev–Trinajstić information content (AvgIpc) is 3.09. The van der Waals surface area contributed by atoms with Gasteiger partial charge in [-0.3, -0.25) is 9.80 Å². The van der Waals surface area contributed by atoms with Crippen molar-refractivity contribution in [2.75, 3.05) is 13.1 Å². The second-order valence-electron chi connectivity index (χ2n) is 7.27. The van der Waals surface area contributed by atoms with Crippen molar-refractivity contribution in [3.05, 3.63) is 11.7 Å². The van der Waals surface area contributed by atoms with Gasteiger partial charge < -0.3 is 4.52 Å². The minimum atomic E-state index is 0.558. The van der Waals surface area contributed by atoms with Crippen LogP contribution in [0.3, 0.4) is 0 Å². The Morgan fingerprint density at radius 2 is 1.95 bits per heavy atom. The maximum Gasteiger partial charge on any atom is 0.229 e. The third-order valence-electron chi connectivity index (χ3n) is 5.30. The van der Waals surface area contributed by atoms with E-state index in [2.05, 4.69) is 33.8 Å². The van der Waals surface area contributed by atoms with E-state index in [0.29, 0.717) is 18.0 Å². The topological polar surface area (TPSA) is 45.4 Å². The summed E-state index contributed by atoms with van der Waals surface area (Å²) in [7, 11) is 0. The lowest BCUT2D eigenvalue weighted by Crippen LogP contribution is -2.43. The summed E-state index contributed by atoms with van der Waals surface area (Å²) < 4.78 is 5.38. The maximum absolute atomic E-state index is 5.38. The lowest BCUT2D eigenvalue weighted by Gasteiger charge is -2.32. The van der Waals surface area contributed by atoms with Gasteiger partial charge in [-0.25, -0.2) is 0 Å². The number of aromatic nitrogens is 2. The molecule has 1 saturated carbocycles. The Kier molecular flexibility index (Phi) is 3.50. The number of fused-ring (bicyclic) bond motifs is 2. The highest BCUT2D eigenvalue weighted by molar-refractivity contribution is 5.02. The minimum absolute atomic E-state index is 0.558. The van der Waals surface area contributed by atoms with Crippen LogP contribution in [0.1, 0.15) is 63.6 Å². The van der Waals surface area contributed by atoms with E-state index in [0.717, 1.165) is 37.4 Å². The summed E-state index contributed by atoms with van der Waals surface area (Å²) in [5.74, 6) is 2.30. The molecular weight excluding hydrogens is 264 g/mol. The van der Waals surface area contributed by atoms with Crippen molar-refractivity contribution in [2.24, 2.45) is 0 Å². The highest BCUT2D eigenvalue weighted by Crippen LogP contribution is 2.39. The van der Waals surface area contributed by atoms with Crippen LogP contribution in [-0.4, -0.2) is 51.2 Å². The third-order valence-corrected chi connectivity index (χ3v) is 5.30. The molecule has 3 fully saturated rings. The lowest BCUT2D eigenvalue weighted by atomic mass is 10.1. The molecule has 0 aromatic carbocycles. The van der Waals surface area contributed by atoms with E-state index in [1.54, 1.807) is 0 Å². The van der Waals surface area contributed by atoms with Gasteiger partial charge in [0.05, 0.1) is 6.54 Å². The predicted molar refractivity (Wildman–Crippen MR) is 80.0 cm³/mol. The van der Waals surface area contributed by atoms with Crippen molar-refractivity contribution in [1.29, 1.82) is 0 Å². The summed E-state index contributed by atoms with van der Waals surface area (Å²) in [6, 6.07) is 2.16. The molecule has 5 nitrogen and oxygen atoms in total. The van der Waals surface area contributed by atoms with Crippen LogP contribution in [0.4, 0.5) is 0 Å². The Hall–Kier alpha value is -0.940. The Morgan fingerprint density at radius 3 is 2.71 bits per heavy atom. The molecule has 2 bridgehead atoms.